The SMILES string of the molecule is COCCN1C(=O)C2CCCCN2C(=O)C1C(C)C. The maximum atomic E-state index is 12.6. The highest BCUT2D eigenvalue weighted by Gasteiger charge is 2.47. The van der Waals surface area contributed by atoms with Gasteiger partial charge in [0.25, 0.3) is 0 Å². The van der Waals surface area contributed by atoms with E-state index in [-0.39, 0.29) is 29.8 Å². The van der Waals surface area contributed by atoms with Crippen molar-refractivity contribution in [2.45, 2.75) is 45.2 Å². The number of rotatable bonds is 4. The Balaban J connectivity index is 2.23. The van der Waals surface area contributed by atoms with E-state index in [1.165, 1.54) is 0 Å². The number of fused-ring (bicyclic) bond motifs is 1. The zero-order chi connectivity index (χ0) is 14.0. The summed E-state index contributed by atoms with van der Waals surface area (Å²) in [4.78, 5) is 28.8. The van der Waals surface area contributed by atoms with Gasteiger partial charge in [-0.2, -0.15) is 0 Å². The van der Waals surface area contributed by atoms with Gasteiger partial charge in [0, 0.05) is 20.2 Å². The third kappa shape index (κ3) is 2.61. The summed E-state index contributed by atoms with van der Waals surface area (Å²) in [5, 5.41) is 0. The molecule has 5 heteroatoms. The van der Waals surface area contributed by atoms with Crippen LogP contribution < -0.4 is 0 Å². The van der Waals surface area contributed by atoms with Gasteiger partial charge in [-0.25, -0.2) is 0 Å². The fraction of sp³-hybridized carbons (Fsp3) is 0.857. The number of piperidine rings is 1. The maximum Gasteiger partial charge on any atom is 0.246 e. The van der Waals surface area contributed by atoms with Crippen LogP contribution in [-0.4, -0.2) is 60.5 Å². The molecule has 2 heterocycles. The molecule has 0 aromatic carbocycles. The lowest BCUT2D eigenvalue weighted by Gasteiger charge is -2.48. The third-order valence-electron chi connectivity index (χ3n) is 4.11. The molecule has 0 aromatic rings. The Morgan fingerprint density at radius 1 is 1.26 bits per heavy atom. The minimum absolute atomic E-state index is 0.107. The average molecular weight is 268 g/mol. The van der Waals surface area contributed by atoms with Crippen molar-refractivity contribution in [3.63, 3.8) is 0 Å². The first-order valence-corrected chi connectivity index (χ1v) is 7.17. The molecule has 2 aliphatic heterocycles. The van der Waals surface area contributed by atoms with Gasteiger partial charge < -0.3 is 14.5 Å². The van der Waals surface area contributed by atoms with E-state index in [0.717, 1.165) is 25.8 Å². The van der Waals surface area contributed by atoms with Crippen LogP contribution in [0.15, 0.2) is 0 Å². The van der Waals surface area contributed by atoms with Crippen molar-refractivity contribution in [3.05, 3.63) is 0 Å². The number of hydrogen-bond acceptors (Lipinski definition) is 3. The molecule has 2 unspecified atom stereocenters. The normalized spacial score (nSPS) is 28.0. The zero-order valence-corrected chi connectivity index (χ0v) is 12.1. The summed E-state index contributed by atoms with van der Waals surface area (Å²) in [6.07, 6.45) is 2.85. The van der Waals surface area contributed by atoms with E-state index in [9.17, 15) is 9.59 Å². The van der Waals surface area contributed by atoms with Crippen LogP contribution >= 0.6 is 0 Å². The third-order valence-corrected chi connectivity index (χ3v) is 4.11. The van der Waals surface area contributed by atoms with Crippen molar-refractivity contribution >= 4 is 11.8 Å². The van der Waals surface area contributed by atoms with Gasteiger partial charge in [-0.1, -0.05) is 13.8 Å². The minimum Gasteiger partial charge on any atom is -0.383 e. The van der Waals surface area contributed by atoms with E-state index in [4.69, 9.17) is 4.74 Å². The fourth-order valence-corrected chi connectivity index (χ4v) is 3.17. The van der Waals surface area contributed by atoms with Crippen LogP contribution in [0.5, 0.6) is 0 Å². The van der Waals surface area contributed by atoms with Crippen LogP contribution in [0.4, 0.5) is 0 Å². The fourth-order valence-electron chi connectivity index (χ4n) is 3.17. The van der Waals surface area contributed by atoms with E-state index in [0.29, 0.717) is 13.2 Å². The number of methoxy groups -OCH3 is 1. The van der Waals surface area contributed by atoms with Gasteiger partial charge in [0.1, 0.15) is 12.1 Å². The van der Waals surface area contributed by atoms with Gasteiger partial charge >= 0.3 is 0 Å². The number of ether oxygens (including phenoxy) is 1. The lowest BCUT2D eigenvalue weighted by atomic mass is 9.91. The van der Waals surface area contributed by atoms with E-state index in [2.05, 4.69) is 0 Å². The molecule has 0 saturated carbocycles. The van der Waals surface area contributed by atoms with Crippen LogP contribution in [0, 0.1) is 5.92 Å². The minimum atomic E-state index is -0.322. The summed E-state index contributed by atoms with van der Waals surface area (Å²) < 4.78 is 5.07. The molecule has 2 aliphatic rings. The molecule has 0 aliphatic carbocycles. The molecule has 108 valence electrons. The second-order valence-electron chi connectivity index (χ2n) is 5.76. The Morgan fingerprint density at radius 2 is 2.00 bits per heavy atom. The molecule has 0 radical (unpaired) electrons. The largest absolute Gasteiger partial charge is 0.383 e. The molecule has 0 spiro atoms. The van der Waals surface area contributed by atoms with Crippen LogP contribution in [-0.2, 0) is 14.3 Å². The molecular formula is C14H24N2O3. The molecule has 0 bridgehead atoms. The van der Waals surface area contributed by atoms with Gasteiger partial charge in [0.15, 0.2) is 0 Å². The van der Waals surface area contributed by atoms with Gasteiger partial charge in [-0.05, 0) is 25.2 Å². The van der Waals surface area contributed by atoms with Crippen molar-refractivity contribution in [2.75, 3.05) is 26.8 Å². The first-order valence-electron chi connectivity index (χ1n) is 7.17. The number of hydrogen-bond donors (Lipinski definition) is 0. The highest BCUT2D eigenvalue weighted by atomic mass is 16.5. The molecule has 0 N–H and O–H groups in total. The monoisotopic (exact) mass is 268 g/mol. The Kier molecular flexibility index (Phi) is 4.45. The Labute approximate surface area is 114 Å². The zero-order valence-electron chi connectivity index (χ0n) is 12.1. The number of carbonyl (C=O) groups is 2. The standard InChI is InChI=1S/C14H24N2O3/c1-10(2)12-14(18)15-7-5-4-6-11(15)13(17)16(12)8-9-19-3/h10-12H,4-9H2,1-3H3. The number of nitrogens with zero attached hydrogens (tertiary/aromatic N) is 2. The molecule has 2 rings (SSSR count). The summed E-state index contributed by atoms with van der Waals surface area (Å²) in [6.45, 7) is 5.72. The Morgan fingerprint density at radius 3 is 2.63 bits per heavy atom. The molecule has 2 atom stereocenters. The van der Waals surface area contributed by atoms with E-state index >= 15 is 0 Å². The summed E-state index contributed by atoms with van der Waals surface area (Å²) >= 11 is 0. The summed E-state index contributed by atoms with van der Waals surface area (Å²) in [6, 6.07) is -0.551. The molecule has 0 aromatic heterocycles. The average Bonchev–Trinajstić information content (AvgIpc) is 2.40. The van der Waals surface area contributed by atoms with E-state index < -0.39 is 0 Å². The first kappa shape index (κ1) is 14.3. The second-order valence-corrected chi connectivity index (χ2v) is 5.76. The highest BCUT2D eigenvalue weighted by Crippen LogP contribution is 2.28. The summed E-state index contributed by atoms with van der Waals surface area (Å²) in [7, 11) is 1.62. The van der Waals surface area contributed by atoms with Gasteiger partial charge in [0.2, 0.25) is 11.8 Å². The molecular weight excluding hydrogens is 244 g/mol. The molecule has 5 nitrogen and oxygen atoms in total. The predicted octanol–water partition coefficient (Wildman–Crippen LogP) is 0.881. The Hall–Kier alpha value is -1.10. The second kappa shape index (κ2) is 5.90. The number of carbonyl (C=O) groups excluding carboxylic acids is 2. The number of piperazine rings is 1. The number of amides is 2. The topological polar surface area (TPSA) is 49.9 Å². The molecule has 19 heavy (non-hydrogen) atoms. The summed E-state index contributed by atoms with van der Waals surface area (Å²) in [5.74, 6) is 0.363. The summed E-state index contributed by atoms with van der Waals surface area (Å²) in [5.41, 5.74) is 0. The molecule has 2 saturated heterocycles. The predicted molar refractivity (Wildman–Crippen MR) is 71.6 cm³/mol. The van der Waals surface area contributed by atoms with E-state index in [1.54, 1.807) is 16.9 Å². The lowest BCUT2D eigenvalue weighted by molar-refractivity contribution is -0.166. The van der Waals surface area contributed by atoms with Crippen LogP contribution in [0.1, 0.15) is 33.1 Å². The van der Waals surface area contributed by atoms with Gasteiger partial charge in [-0.3, -0.25) is 9.59 Å². The van der Waals surface area contributed by atoms with Crippen LogP contribution in [0.3, 0.4) is 0 Å². The lowest BCUT2D eigenvalue weighted by Crippen LogP contribution is -2.67. The smallest absolute Gasteiger partial charge is 0.246 e. The van der Waals surface area contributed by atoms with E-state index in [1.807, 2.05) is 13.8 Å². The van der Waals surface area contributed by atoms with Crippen LogP contribution in [0.2, 0.25) is 0 Å². The van der Waals surface area contributed by atoms with Crippen molar-refractivity contribution in [1.29, 1.82) is 0 Å². The first-order chi connectivity index (χ1) is 9.07. The van der Waals surface area contributed by atoms with Crippen molar-refractivity contribution in [1.82, 2.24) is 9.80 Å². The van der Waals surface area contributed by atoms with Crippen molar-refractivity contribution in [3.8, 4) is 0 Å². The van der Waals surface area contributed by atoms with Gasteiger partial charge in [-0.15, -0.1) is 0 Å². The maximum absolute atomic E-state index is 12.6. The van der Waals surface area contributed by atoms with Crippen LogP contribution in [0.25, 0.3) is 0 Å². The van der Waals surface area contributed by atoms with Crippen molar-refractivity contribution in [2.24, 2.45) is 5.92 Å². The van der Waals surface area contributed by atoms with Gasteiger partial charge in [0.05, 0.1) is 6.61 Å². The molecule has 2 fully saturated rings. The van der Waals surface area contributed by atoms with Crippen molar-refractivity contribution < 1.29 is 14.3 Å². The molecule has 2 amide bonds. The highest BCUT2D eigenvalue weighted by molar-refractivity contribution is 5.97. The Bertz CT molecular complexity index is 357. The quantitative estimate of drug-likeness (QED) is 0.760.